The minimum atomic E-state index is -3.70. The number of rotatable bonds is 6. The van der Waals surface area contributed by atoms with E-state index in [0.29, 0.717) is 32.8 Å². The molecule has 124 valence electrons. The normalized spacial score (nSPS) is 16.6. The molecule has 1 aromatic rings. The molecule has 0 saturated carbocycles. The summed E-state index contributed by atoms with van der Waals surface area (Å²) in [6, 6.07) is 2.75. The van der Waals surface area contributed by atoms with Gasteiger partial charge in [0.25, 0.3) is 15.9 Å². The lowest BCUT2D eigenvalue weighted by atomic mass is 10.3. The lowest BCUT2D eigenvalue weighted by molar-refractivity contribution is 0.0715. The number of hydrogen-bond acceptors (Lipinski definition) is 5. The van der Waals surface area contributed by atoms with Crippen molar-refractivity contribution in [2.24, 2.45) is 0 Å². The van der Waals surface area contributed by atoms with E-state index in [-0.39, 0.29) is 16.8 Å². The molecule has 1 fully saturated rings. The van der Waals surface area contributed by atoms with Crippen LogP contribution in [0.5, 0.6) is 0 Å². The van der Waals surface area contributed by atoms with E-state index in [9.17, 15) is 13.2 Å². The molecule has 2 rings (SSSR count). The zero-order valence-electron chi connectivity index (χ0n) is 12.9. The summed E-state index contributed by atoms with van der Waals surface area (Å²) in [6.07, 6.45) is 1.87. The lowest BCUT2D eigenvalue weighted by Gasteiger charge is -2.24. The van der Waals surface area contributed by atoms with E-state index in [1.807, 2.05) is 6.92 Å². The molecule has 0 radical (unpaired) electrons. The Morgan fingerprint density at radius 1 is 1.32 bits per heavy atom. The maximum atomic E-state index is 12.4. The van der Waals surface area contributed by atoms with Crippen molar-refractivity contribution >= 4 is 15.9 Å². The Bertz CT molecular complexity index is 605. The molecule has 22 heavy (non-hydrogen) atoms. The number of unbranched alkanes of at least 4 members (excludes halogenated alkanes) is 1. The molecule has 1 aromatic heterocycles. The smallest absolute Gasteiger partial charge is 0.289 e. The van der Waals surface area contributed by atoms with Crippen LogP contribution >= 0.6 is 0 Å². The number of carbonyl (C=O) groups excluding carboxylic acids is 1. The van der Waals surface area contributed by atoms with E-state index in [2.05, 4.69) is 0 Å². The molecule has 1 aliphatic rings. The van der Waals surface area contributed by atoms with Crippen molar-refractivity contribution in [1.82, 2.24) is 9.21 Å². The average molecular weight is 330 g/mol. The van der Waals surface area contributed by atoms with Gasteiger partial charge in [-0.05, 0) is 18.6 Å². The zero-order valence-corrected chi connectivity index (χ0v) is 13.8. The molecular formula is C14H22N2O5S. The Kier molecular flexibility index (Phi) is 5.60. The van der Waals surface area contributed by atoms with Gasteiger partial charge in [0.05, 0.1) is 13.2 Å². The third kappa shape index (κ3) is 3.68. The van der Waals surface area contributed by atoms with Gasteiger partial charge in [0.2, 0.25) is 5.09 Å². The van der Waals surface area contributed by atoms with Crippen LogP contribution in [0.4, 0.5) is 0 Å². The summed E-state index contributed by atoms with van der Waals surface area (Å²) in [5, 5.41) is -0.193. The number of sulfonamides is 1. The molecule has 0 N–H and O–H groups in total. The Morgan fingerprint density at radius 3 is 2.64 bits per heavy atom. The van der Waals surface area contributed by atoms with E-state index in [0.717, 1.165) is 12.8 Å². The maximum Gasteiger partial charge on any atom is 0.289 e. The molecule has 1 saturated heterocycles. The molecular weight excluding hydrogens is 308 g/mol. The minimum Gasteiger partial charge on any atom is -0.438 e. The molecule has 0 unspecified atom stereocenters. The first-order valence-electron chi connectivity index (χ1n) is 7.40. The summed E-state index contributed by atoms with van der Waals surface area (Å²) in [5.74, 6) is -0.262. The molecule has 0 aromatic carbocycles. The van der Waals surface area contributed by atoms with Crippen molar-refractivity contribution in [1.29, 1.82) is 0 Å². The first-order valence-corrected chi connectivity index (χ1v) is 8.84. The molecule has 0 spiro atoms. The van der Waals surface area contributed by atoms with Crippen molar-refractivity contribution in [3.05, 3.63) is 17.9 Å². The van der Waals surface area contributed by atoms with Gasteiger partial charge in [0, 0.05) is 26.7 Å². The molecule has 2 heterocycles. The topological polar surface area (TPSA) is 80.1 Å². The number of carbonyl (C=O) groups is 1. The van der Waals surface area contributed by atoms with Crippen LogP contribution in [0.3, 0.4) is 0 Å². The summed E-state index contributed by atoms with van der Waals surface area (Å²) in [7, 11) is -2.02. The second-order valence-electron chi connectivity index (χ2n) is 5.22. The second kappa shape index (κ2) is 7.26. The SMILES string of the molecule is CCCCN(C)C(=O)c1ccc(S(=O)(=O)N2CCOCC2)o1. The third-order valence-corrected chi connectivity index (χ3v) is 5.32. The largest absolute Gasteiger partial charge is 0.438 e. The monoisotopic (exact) mass is 330 g/mol. The first-order chi connectivity index (χ1) is 10.5. The molecule has 8 heteroatoms. The molecule has 0 aliphatic carbocycles. The van der Waals surface area contributed by atoms with Crippen LogP contribution in [-0.4, -0.2) is 63.4 Å². The van der Waals surface area contributed by atoms with Crippen LogP contribution in [-0.2, 0) is 14.8 Å². The molecule has 1 aliphatic heterocycles. The highest BCUT2D eigenvalue weighted by atomic mass is 32.2. The van der Waals surface area contributed by atoms with Crippen LogP contribution < -0.4 is 0 Å². The standard InChI is InChI=1S/C14H22N2O5S/c1-3-4-7-15(2)14(17)12-5-6-13(21-12)22(18,19)16-8-10-20-11-9-16/h5-6H,3-4,7-11H2,1-2H3. The molecule has 0 atom stereocenters. The van der Waals surface area contributed by atoms with Gasteiger partial charge in [0.1, 0.15) is 0 Å². The maximum absolute atomic E-state index is 12.4. The summed E-state index contributed by atoms with van der Waals surface area (Å²) >= 11 is 0. The quantitative estimate of drug-likeness (QED) is 0.782. The van der Waals surface area contributed by atoms with E-state index in [4.69, 9.17) is 9.15 Å². The summed E-state index contributed by atoms with van der Waals surface area (Å²) in [6.45, 7) is 3.97. The van der Waals surface area contributed by atoms with E-state index in [1.54, 1.807) is 7.05 Å². The number of ether oxygens (including phenoxy) is 1. The molecule has 0 bridgehead atoms. The van der Waals surface area contributed by atoms with Crippen LogP contribution in [0.25, 0.3) is 0 Å². The number of amides is 1. The average Bonchev–Trinajstić information content (AvgIpc) is 3.03. The summed E-state index contributed by atoms with van der Waals surface area (Å²) < 4.78 is 36.6. The van der Waals surface area contributed by atoms with Crippen LogP contribution in [0.2, 0.25) is 0 Å². The van der Waals surface area contributed by atoms with E-state index < -0.39 is 10.0 Å². The van der Waals surface area contributed by atoms with Gasteiger partial charge in [-0.25, -0.2) is 8.42 Å². The second-order valence-corrected chi connectivity index (χ2v) is 7.08. The predicted molar refractivity (Wildman–Crippen MR) is 80.2 cm³/mol. The van der Waals surface area contributed by atoms with E-state index in [1.165, 1.54) is 21.3 Å². The Balaban J connectivity index is 2.11. The summed E-state index contributed by atoms with van der Waals surface area (Å²) in [4.78, 5) is 13.7. The van der Waals surface area contributed by atoms with Gasteiger partial charge in [0.15, 0.2) is 5.76 Å². The van der Waals surface area contributed by atoms with Crippen molar-refractivity contribution in [2.75, 3.05) is 39.9 Å². The Morgan fingerprint density at radius 2 is 2.00 bits per heavy atom. The van der Waals surface area contributed by atoms with Gasteiger partial charge < -0.3 is 14.1 Å². The highest BCUT2D eigenvalue weighted by Crippen LogP contribution is 2.20. The molecule has 7 nitrogen and oxygen atoms in total. The predicted octanol–water partition coefficient (Wildman–Crippen LogP) is 1.17. The fraction of sp³-hybridized carbons (Fsp3) is 0.643. The van der Waals surface area contributed by atoms with Crippen molar-refractivity contribution in [3.8, 4) is 0 Å². The lowest BCUT2D eigenvalue weighted by Crippen LogP contribution is -2.40. The number of furan rings is 1. The highest BCUT2D eigenvalue weighted by Gasteiger charge is 2.30. The Hall–Kier alpha value is -1.38. The van der Waals surface area contributed by atoms with Gasteiger partial charge >= 0.3 is 0 Å². The first kappa shape index (κ1) is 17.0. The fourth-order valence-corrected chi connectivity index (χ4v) is 3.49. The van der Waals surface area contributed by atoms with Gasteiger partial charge in [-0.3, -0.25) is 4.79 Å². The number of hydrogen-bond donors (Lipinski definition) is 0. The van der Waals surface area contributed by atoms with Crippen molar-refractivity contribution in [2.45, 2.75) is 24.9 Å². The van der Waals surface area contributed by atoms with Gasteiger partial charge in [-0.15, -0.1) is 0 Å². The minimum absolute atomic E-state index is 0.0467. The van der Waals surface area contributed by atoms with Gasteiger partial charge in [-0.2, -0.15) is 4.31 Å². The van der Waals surface area contributed by atoms with Crippen LogP contribution in [0, 0.1) is 0 Å². The fourth-order valence-electron chi connectivity index (χ4n) is 2.17. The van der Waals surface area contributed by atoms with E-state index >= 15 is 0 Å². The summed E-state index contributed by atoms with van der Waals surface area (Å²) in [5.41, 5.74) is 0. The highest BCUT2D eigenvalue weighted by molar-refractivity contribution is 7.89. The Labute approximate surface area is 130 Å². The third-order valence-electron chi connectivity index (χ3n) is 3.55. The van der Waals surface area contributed by atoms with Crippen molar-refractivity contribution in [3.63, 3.8) is 0 Å². The van der Waals surface area contributed by atoms with Gasteiger partial charge in [-0.1, -0.05) is 13.3 Å². The van der Waals surface area contributed by atoms with Crippen LogP contribution in [0.15, 0.2) is 21.6 Å². The van der Waals surface area contributed by atoms with Crippen LogP contribution in [0.1, 0.15) is 30.3 Å². The van der Waals surface area contributed by atoms with Crippen molar-refractivity contribution < 1.29 is 22.4 Å². The number of nitrogens with zero attached hydrogens (tertiary/aromatic N) is 2. The number of morpholine rings is 1. The zero-order chi connectivity index (χ0) is 16.2. The molecule has 1 amide bonds.